The summed E-state index contributed by atoms with van der Waals surface area (Å²) in [5, 5.41) is 0.399. The van der Waals surface area contributed by atoms with Gasteiger partial charge in [0.25, 0.3) is 15.9 Å². The highest BCUT2D eigenvalue weighted by molar-refractivity contribution is 7.93. The number of ether oxygens (including phenoxy) is 1. The second kappa shape index (κ2) is 10.3. The molecule has 0 aliphatic carbocycles. The minimum absolute atomic E-state index is 0.0385. The van der Waals surface area contributed by atoms with Gasteiger partial charge in [-0.15, -0.1) is 0 Å². The molecular formula is C28H24ClNO4S. The molecule has 0 fully saturated rings. The van der Waals surface area contributed by atoms with Crippen molar-refractivity contribution in [3.05, 3.63) is 113 Å². The van der Waals surface area contributed by atoms with Crippen molar-refractivity contribution in [2.45, 2.75) is 18.7 Å². The second-order valence-electron chi connectivity index (χ2n) is 8.09. The van der Waals surface area contributed by atoms with Crippen LogP contribution in [0.25, 0.3) is 11.1 Å². The first-order chi connectivity index (χ1) is 16.8. The zero-order valence-electron chi connectivity index (χ0n) is 19.3. The van der Waals surface area contributed by atoms with Crippen LogP contribution in [-0.2, 0) is 14.8 Å². The van der Waals surface area contributed by atoms with E-state index in [0.29, 0.717) is 16.3 Å². The molecule has 0 saturated carbocycles. The van der Waals surface area contributed by atoms with Gasteiger partial charge in [0.1, 0.15) is 5.75 Å². The fourth-order valence-corrected chi connectivity index (χ4v) is 5.22. The van der Waals surface area contributed by atoms with E-state index in [2.05, 4.69) is 0 Å². The van der Waals surface area contributed by atoms with Crippen molar-refractivity contribution in [1.29, 1.82) is 0 Å². The van der Waals surface area contributed by atoms with Crippen LogP contribution in [-0.4, -0.2) is 20.9 Å². The Kier molecular flexibility index (Phi) is 7.24. The summed E-state index contributed by atoms with van der Waals surface area (Å²) in [6.45, 7) is 3.14. The van der Waals surface area contributed by atoms with Gasteiger partial charge in [-0.3, -0.25) is 4.79 Å². The quantitative estimate of drug-likeness (QED) is 0.290. The third kappa shape index (κ3) is 5.56. The van der Waals surface area contributed by atoms with E-state index in [9.17, 15) is 13.2 Å². The van der Waals surface area contributed by atoms with Crippen molar-refractivity contribution >= 4 is 33.2 Å². The van der Waals surface area contributed by atoms with E-state index in [1.165, 1.54) is 24.3 Å². The molecule has 0 heterocycles. The minimum Gasteiger partial charge on any atom is -0.484 e. The predicted molar refractivity (Wildman–Crippen MR) is 139 cm³/mol. The SMILES string of the molecule is Cc1ccc(C)c(N(C(=O)COc2ccc(-c3ccccc3)cc2)S(=O)(=O)c2ccc(Cl)cc2)c1. The molecule has 35 heavy (non-hydrogen) atoms. The molecule has 4 rings (SSSR count). The molecule has 5 nitrogen and oxygen atoms in total. The number of carbonyl (C=O) groups is 1. The third-order valence-electron chi connectivity index (χ3n) is 5.49. The Morgan fingerprint density at radius 2 is 1.46 bits per heavy atom. The molecule has 4 aromatic rings. The van der Waals surface area contributed by atoms with E-state index in [4.69, 9.17) is 16.3 Å². The summed E-state index contributed by atoms with van der Waals surface area (Å²) in [5.41, 5.74) is 3.82. The third-order valence-corrected chi connectivity index (χ3v) is 7.49. The topological polar surface area (TPSA) is 63.7 Å². The average molecular weight is 506 g/mol. The molecule has 0 N–H and O–H groups in total. The van der Waals surface area contributed by atoms with Crippen LogP contribution in [0, 0.1) is 13.8 Å². The molecule has 0 aromatic heterocycles. The molecule has 178 valence electrons. The predicted octanol–water partition coefficient (Wildman–Crippen LogP) is 6.42. The van der Waals surface area contributed by atoms with Crippen molar-refractivity contribution < 1.29 is 17.9 Å². The van der Waals surface area contributed by atoms with E-state index in [1.54, 1.807) is 31.2 Å². The number of amides is 1. The van der Waals surface area contributed by atoms with Gasteiger partial charge >= 0.3 is 0 Å². The number of benzene rings is 4. The minimum atomic E-state index is -4.21. The number of halogens is 1. The number of nitrogens with zero attached hydrogens (tertiary/aromatic N) is 1. The van der Waals surface area contributed by atoms with Crippen molar-refractivity contribution in [2.24, 2.45) is 0 Å². The first kappa shape index (κ1) is 24.5. The summed E-state index contributed by atoms with van der Waals surface area (Å²) in [6, 6.07) is 28.2. The molecule has 0 spiro atoms. The van der Waals surface area contributed by atoms with Crippen LogP contribution < -0.4 is 9.04 Å². The highest BCUT2D eigenvalue weighted by Crippen LogP contribution is 2.29. The highest BCUT2D eigenvalue weighted by atomic mass is 35.5. The molecule has 0 saturated heterocycles. The molecule has 0 aliphatic rings. The highest BCUT2D eigenvalue weighted by Gasteiger charge is 2.32. The van der Waals surface area contributed by atoms with Crippen molar-refractivity contribution in [3.8, 4) is 16.9 Å². The molecule has 1 amide bonds. The van der Waals surface area contributed by atoms with Gasteiger partial charge in [-0.05, 0) is 78.6 Å². The summed E-state index contributed by atoms with van der Waals surface area (Å²) in [7, 11) is -4.21. The van der Waals surface area contributed by atoms with Gasteiger partial charge in [-0.1, -0.05) is 66.2 Å². The van der Waals surface area contributed by atoms with Crippen LogP contribution >= 0.6 is 11.6 Å². The van der Waals surface area contributed by atoms with Crippen LogP contribution in [0.1, 0.15) is 11.1 Å². The number of hydrogen-bond donors (Lipinski definition) is 0. The summed E-state index contributed by atoms with van der Waals surface area (Å²) < 4.78 is 33.7. The Balaban J connectivity index is 1.62. The Morgan fingerprint density at radius 1 is 0.829 bits per heavy atom. The number of carbonyl (C=O) groups excluding carboxylic acids is 1. The van der Waals surface area contributed by atoms with Gasteiger partial charge < -0.3 is 4.74 Å². The number of aryl methyl sites for hydroxylation is 2. The lowest BCUT2D eigenvalue weighted by Gasteiger charge is -2.25. The second-order valence-corrected chi connectivity index (χ2v) is 10.3. The first-order valence-corrected chi connectivity index (χ1v) is 12.8. The van der Waals surface area contributed by atoms with Crippen molar-refractivity contribution in [1.82, 2.24) is 0 Å². The van der Waals surface area contributed by atoms with Crippen LogP contribution in [0.3, 0.4) is 0 Å². The molecule has 7 heteroatoms. The lowest BCUT2D eigenvalue weighted by atomic mass is 10.1. The van der Waals surface area contributed by atoms with Gasteiger partial charge in [0, 0.05) is 5.02 Å². The number of hydrogen-bond acceptors (Lipinski definition) is 4. The maximum Gasteiger partial charge on any atom is 0.278 e. The molecule has 0 unspecified atom stereocenters. The Morgan fingerprint density at radius 3 is 2.11 bits per heavy atom. The molecule has 0 aliphatic heterocycles. The lowest BCUT2D eigenvalue weighted by Crippen LogP contribution is -2.40. The Hall–Kier alpha value is -3.61. The summed E-state index contributed by atoms with van der Waals surface area (Å²) >= 11 is 5.94. The van der Waals surface area contributed by atoms with E-state index in [0.717, 1.165) is 21.0 Å². The monoisotopic (exact) mass is 505 g/mol. The number of sulfonamides is 1. The molecule has 4 aromatic carbocycles. The van der Waals surface area contributed by atoms with Crippen molar-refractivity contribution in [3.63, 3.8) is 0 Å². The smallest absolute Gasteiger partial charge is 0.278 e. The number of anilines is 1. The van der Waals surface area contributed by atoms with Gasteiger partial charge in [0.15, 0.2) is 6.61 Å². The Bertz CT molecular complexity index is 1440. The lowest BCUT2D eigenvalue weighted by molar-refractivity contribution is -0.119. The molecule has 0 bridgehead atoms. The van der Waals surface area contributed by atoms with Crippen LogP contribution in [0.5, 0.6) is 5.75 Å². The van der Waals surface area contributed by atoms with E-state index in [-0.39, 0.29) is 10.6 Å². The van der Waals surface area contributed by atoms with Gasteiger partial charge in [-0.25, -0.2) is 8.42 Å². The summed E-state index contributed by atoms with van der Waals surface area (Å²) in [4.78, 5) is 13.3. The molecule has 0 atom stereocenters. The standard InChI is InChI=1S/C28H24ClNO4S/c1-20-8-9-21(2)27(18-20)30(35(32,33)26-16-12-24(29)13-17-26)28(31)19-34-25-14-10-23(11-15-25)22-6-4-3-5-7-22/h3-18H,19H2,1-2H3. The first-order valence-electron chi connectivity index (χ1n) is 10.9. The molecular weight excluding hydrogens is 482 g/mol. The number of rotatable bonds is 7. The van der Waals surface area contributed by atoms with Gasteiger partial charge in [-0.2, -0.15) is 4.31 Å². The maximum absolute atomic E-state index is 13.6. The van der Waals surface area contributed by atoms with E-state index >= 15 is 0 Å². The van der Waals surface area contributed by atoms with Gasteiger partial charge in [0.05, 0.1) is 10.6 Å². The van der Waals surface area contributed by atoms with Crippen LogP contribution in [0.4, 0.5) is 5.69 Å². The normalized spacial score (nSPS) is 11.2. The average Bonchev–Trinajstić information content (AvgIpc) is 2.86. The Labute approximate surface area is 210 Å². The fraction of sp³-hybridized carbons (Fsp3) is 0.107. The van der Waals surface area contributed by atoms with Crippen LogP contribution in [0.15, 0.2) is 102 Å². The molecule has 0 radical (unpaired) electrons. The largest absolute Gasteiger partial charge is 0.484 e. The van der Waals surface area contributed by atoms with E-state index < -0.39 is 22.5 Å². The van der Waals surface area contributed by atoms with E-state index in [1.807, 2.05) is 55.5 Å². The summed E-state index contributed by atoms with van der Waals surface area (Å²) in [5.74, 6) is -0.247. The summed E-state index contributed by atoms with van der Waals surface area (Å²) in [6.07, 6.45) is 0. The fourth-order valence-electron chi connectivity index (χ4n) is 3.63. The zero-order valence-corrected chi connectivity index (χ0v) is 20.9. The van der Waals surface area contributed by atoms with Gasteiger partial charge in [0.2, 0.25) is 0 Å². The maximum atomic E-state index is 13.6. The van der Waals surface area contributed by atoms with Crippen LogP contribution in [0.2, 0.25) is 5.02 Å². The van der Waals surface area contributed by atoms with Crippen molar-refractivity contribution in [2.75, 3.05) is 10.9 Å². The zero-order chi connectivity index (χ0) is 25.0.